The van der Waals surface area contributed by atoms with E-state index >= 15 is 0 Å². The molecule has 1 aromatic carbocycles. The number of hydrogen-bond acceptors (Lipinski definition) is 3. The molecule has 11 heteroatoms. The normalized spacial score (nSPS) is 17.5. The van der Waals surface area contributed by atoms with Crippen molar-refractivity contribution in [3.05, 3.63) is 34.6 Å². The lowest BCUT2D eigenvalue weighted by atomic mass is 9.96. The maximum atomic E-state index is 14.0. The van der Waals surface area contributed by atoms with E-state index in [9.17, 15) is 30.7 Å². The van der Waals surface area contributed by atoms with Crippen LogP contribution in [0, 0.1) is 29.1 Å². The van der Waals surface area contributed by atoms with Gasteiger partial charge in [-0.1, -0.05) is 0 Å². The second-order valence-corrected chi connectivity index (χ2v) is 5.09. The highest BCUT2D eigenvalue weighted by atomic mass is 35.5. The molecule has 0 saturated carbocycles. The van der Waals surface area contributed by atoms with Gasteiger partial charge in [0.25, 0.3) is 5.92 Å². The van der Waals surface area contributed by atoms with Gasteiger partial charge in [0.05, 0.1) is 5.56 Å². The molecule has 0 spiro atoms. The quantitative estimate of drug-likeness (QED) is 0.477. The number of aliphatic hydroxyl groups is 1. The zero-order valence-electron chi connectivity index (χ0n) is 12.1. The van der Waals surface area contributed by atoms with Gasteiger partial charge >= 0.3 is 0 Å². The highest BCUT2D eigenvalue weighted by molar-refractivity contribution is 5.85. The molecule has 0 unspecified atom stereocenters. The summed E-state index contributed by atoms with van der Waals surface area (Å²) < 4.78 is 95.6. The summed E-state index contributed by atoms with van der Waals surface area (Å²) in [6.07, 6.45) is 0. The Labute approximate surface area is 138 Å². The molecule has 0 aromatic heterocycles. The molecule has 2 rings (SSSR count). The van der Waals surface area contributed by atoms with Crippen molar-refractivity contribution in [2.45, 2.75) is 12.0 Å². The van der Waals surface area contributed by atoms with Gasteiger partial charge in [-0.25, -0.2) is 30.7 Å². The minimum absolute atomic E-state index is 0. The molecule has 1 aliphatic heterocycles. The van der Waals surface area contributed by atoms with Crippen molar-refractivity contribution >= 4 is 12.4 Å². The van der Waals surface area contributed by atoms with E-state index in [-0.39, 0.29) is 38.6 Å². The summed E-state index contributed by atoms with van der Waals surface area (Å²) >= 11 is 0. The van der Waals surface area contributed by atoms with Gasteiger partial charge in [-0.3, -0.25) is 4.90 Å². The van der Waals surface area contributed by atoms with Crippen molar-refractivity contribution < 1.29 is 35.8 Å². The monoisotopic (exact) mass is 382 g/mol. The van der Waals surface area contributed by atoms with E-state index < -0.39 is 53.2 Å². The summed E-state index contributed by atoms with van der Waals surface area (Å²) in [5, 5.41) is 11.6. The summed E-state index contributed by atoms with van der Waals surface area (Å²) in [6.45, 7) is -1.65. The number of aliphatic hydroxyl groups excluding tert-OH is 1. The van der Waals surface area contributed by atoms with Crippen LogP contribution in [-0.2, 0) is 0 Å². The third-order valence-corrected chi connectivity index (χ3v) is 3.64. The zero-order chi connectivity index (χ0) is 17.4. The molecular weight excluding hydrogens is 369 g/mol. The summed E-state index contributed by atoms with van der Waals surface area (Å²) in [6, 6.07) is -2.47. The Balaban J connectivity index is 0.00000288. The standard InChI is InChI=1S/C13H13F7N2O.ClH/c14-7-6(8(15)10(17)11(18)9(7)16)12(13(19,20)5-23)22-3-1-21-2-4-22;/h12,21,23H,1-5H2;1H/t12-;/m0./s1. The van der Waals surface area contributed by atoms with Crippen molar-refractivity contribution in [3.8, 4) is 0 Å². The molecule has 0 amide bonds. The van der Waals surface area contributed by atoms with Gasteiger partial charge in [0, 0.05) is 26.2 Å². The van der Waals surface area contributed by atoms with Crippen LogP contribution in [0.15, 0.2) is 0 Å². The lowest BCUT2D eigenvalue weighted by Crippen LogP contribution is -2.51. The van der Waals surface area contributed by atoms with Crippen LogP contribution < -0.4 is 5.32 Å². The summed E-state index contributed by atoms with van der Waals surface area (Å²) in [5.41, 5.74) is -1.64. The van der Waals surface area contributed by atoms with Gasteiger partial charge in [-0.15, -0.1) is 12.4 Å². The second-order valence-electron chi connectivity index (χ2n) is 5.09. The van der Waals surface area contributed by atoms with Crippen LogP contribution in [0.3, 0.4) is 0 Å². The first-order valence-electron chi connectivity index (χ1n) is 6.67. The molecule has 0 radical (unpaired) electrons. The molecule has 1 saturated heterocycles. The number of halogens is 8. The van der Waals surface area contributed by atoms with Gasteiger partial charge in [-0.05, 0) is 0 Å². The Kier molecular flexibility index (Phi) is 6.85. The van der Waals surface area contributed by atoms with Crippen molar-refractivity contribution in [2.75, 3.05) is 32.8 Å². The maximum absolute atomic E-state index is 14.0. The molecule has 1 fully saturated rings. The zero-order valence-corrected chi connectivity index (χ0v) is 12.9. The molecule has 2 N–H and O–H groups in total. The molecule has 24 heavy (non-hydrogen) atoms. The van der Waals surface area contributed by atoms with Crippen LogP contribution in [0.5, 0.6) is 0 Å². The summed E-state index contributed by atoms with van der Waals surface area (Å²) in [4.78, 5) is 0.880. The average molecular weight is 383 g/mol. The molecule has 1 heterocycles. The molecular formula is C13H14ClF7N2O. The van der Waals surface area contributed by atoms with Crippen molar-refractivity contribution in [3.63, 3.8) is 0 Å². The van der Waals surface area contributed by atoms with Crippen molar-refractivity contribution in [1.82, 2.24) is 10.2 Å². The third kappa shape index (κ3) is 3.61. The summed E-state index contributed by atoms with van der Waals surface area (Å²) in [7, 11) is 0. The predicted molar refractivity (Wildman–Crippen MR) is 72.7 cm³/mol. The van der Waals surface area contributed by atoms with Crippen molar-refractivity contribution in [1.29, 1.82) is 0 Å². The number of rotatable bonds is 4. The smallest absolute Gasteiger partial charge is 0.290 e. The minimum atomic E-state index is -4.10. The fourth-order valence-electron chi connectivity index (χ4n) is 2.55. The Bertz CT molecular complexity index is 567. The van der Waals surface area contributed by atoms with E-state index in [0.29, 0.717) is 0 Å². The Hall–Kier alpha value is -1.10. The fourth-order valence-corrected chi connectivity index (χ4v) is 2.55. The lowest BCUT2D eigenvalue weighted by molar-refractivity contribution is -0.120. The molecule has 138 valence electrons. The molecule has 3 nitrogen and oxygen atoms in total. The minimum Gasteiger partial charge on any atom is -0.390 e. The van der Waals surface area contributed by atoms with E-state index in [4.69, 9.17) is 5.11 Å². The Morgan fingerprint density at radius 1 is 0.917 bits per heavy atom. The predicted octanol–water partition coefficient (Wildman–Crippen LogP) is 2.38. The lowest BCUT2D eigenvalue weighted by Gasteiger charge is -2.38. The molecule has 1 aromatic rings. The van der Waals surface area contributed by atoms with E-state index in [1.54, 1.807) is 0 Å². The van der Waals surface area contributed by atoms with Gasteiger partial charge in [0.1, 0.15) is 12.6 Å². The molecule has 1 atom stereocenters. The average Bonchev–Trinajstić information content (AvgIpc) is 2.55. The third-order valence-electron chi connectivity index (χ3n) is 3.64. The Morgan fingerprint density at radius 2 is 1.33 bits per heavy atom. The first-order chi connectivity index (χ1) is 10.7. The number of nitrogens with zero attached hydrogens (tertiary/aromatic N) is 1. The first-order valence-corrected chi connectivity index (χ1v) is 6.67. The molecule has 1 aliphatic rings. The summed E-state index contributed by atoms with van der Waals surface area (Å²) in [5.74, 6) is -15.8. The van der Waals surface area contributed by atoms with Gasteiger partial charge in [0.15, 0.2) is 23.3 Å². The fraction of sp³-hybridized carbons (Fsp3) is 0.538. The van der Waals surface area contributed by atoms with Crippen LogP contribution in [0.4, 0.5) is 30.7 Å². The van der Waals surface area contributed by atoms with Crippen LogP contribution in [0.1, 0.15) is 11.6 Å². The second kappa shape index (κ2) is 7.85. The first kappa shape index (κ1) is 20.9. The largest absolute Gasteiger partial charge is 0.390 e. The Morgan fingerprint density at radius 3 is 1.75 bits per heavy atom. The highest BCUT2D eigenvalue weighted by Gasteiger charge is 2.48. The molecule has 0 aliphatic carbocycles. The van der Waals surface area contributed by atoms with Crippen molar-refractivity contribution in [2.24, 2.45) is 0 Å². The van der Waals surface area contributed by atoms with E-state index in [1.165, 1.54) is 0 Å². The van der Waals surface area contributed by atoms with Gasteiger partial charge < -0.3 is 10.4 Å². The number of hydrogen-bond donors (Lipinski definition) is 2. The molecule has 0 bridgehead atoms. The van der Waals surface area contributed by atoms with Crippen LogP contribution >= 0.6 is 12.4 Å². The van der Waals surface area contributed by atoms with Crippen LogP contribution in [0.25, 0.3) is 0 Å². The number of alkyl halides is 2. The van der Waals surface area contributed by atoms with Crippen LogP contribution in [-0.4, -0.2) is 48.7 Å². The number of piperazine rings is 1. The van der Waals surface area contributed by atoms with Gasteiger partial charge in [0.2, 0.25) is 5.82 Å². The highest BCUT2D eigenvalue weighted by Crippen LogP contribution is 2.40. The van der Waals surface area contributed by atoms with E-state index in [0.717, 1.165) is 4.90 Å². The van der Waals surface area contributed by atoms with Crippen LogP contribution in [0.2, 0.25) is 0 Å². The maximum Gasteiger partial charge on any atom is 0.290 e. The topological polar surface area (TPSA) is 35.5 Å². The van der Waals surface area contributed by atoms with E-state index in [2.05, 4.69) is 5.32 Å². The van der Waals surface area contributed by atoms with Gasteiger partial charge in [-0.2, -0.15) is 0 Å². The number of benzene rings is 1. The van der Waals surface area contributed by atoms with E-state index in [1.807, 2.05) is 0 Å². The SMILES string of the molecule is Cl.OCC(F)(F)[C@H](c1c(F)c(F)c(F)c(F)c1F)N1CCNCC1. The number of nitrogens with one attached hydrogen (secondary N) is 1.